The number of nitrogens with one attached hydrogen (secondary N) is 1. The van der Waals surface area contributed by atoms with Gasteiger partial charge in [-0.25, -0.2) is 4.98 Å². The number of anilines is 2. The third kappa shape index (κ3) is 2.58. The van der Waals surface area contributed by atoms with E-state index in [2.05, 4.69) is 10.3 Å². The summed E-state index contributed by atoms with van der Waals surface area (Å²) in [5.41, 5.74) is 2.73. The van der Waals surface area contributed by atoms with Gasteiger partial charge < -0.3 is 15.2 Å². The largest absolute Gasteiger partial charge is 0.497 e. The third-order valence-corrected chi connectivity index (χ3v) is 4.74. The monoisotopic (exact) mass is 304 g/mol. The van der Waals surface area contributed by atoms with Crippen molar-refractivity contribution in [2.24, 2.45) is 0 Å². The number of thiazole rings is 1. The molecule has 2 aromatic rings. The quantitative estimate of drug-likeness (QED) is 0.906. The molecule has 1 aliphatic carbocycles. The van der Waals surface area contributed by atoms with Gasteiger partial charge >= 0.3 is 5.97 Å². The Hall–Kier alpha value is -2.08. The van der Waals surface area contributed by atoms with Crippen LogP contribution in [0.3, 0.4) is 0 Å². The number of ether oxygens (including phenoxy) is 1. The summed E-state index contributed by atoms with van der Waals surface area (Å²) >= 11 is 1.54. The minimum Gasteiger partial charge on any atom is -0.497 e. The molecule has 1 aromatic carbocycles. The molecule has 0 radical (unpaired) electrons. The number of rotatable bonds is 4. The number of fused-ring (bicyclic) bond motifs is 1. The van der Waals surface area contributed by atoms with E-state index >= 15 is 0 Å². The number of aliphatic carboxylic acids is 1. The number of carbonyl (C=O) groups is 1. The lowest BCUT2D eigenvalue weighted by molar-refractivity contribution is -0.138. The summed E-state index contributed by atoms with van der Waals surface area (Å²) in [6, 6.07) is 5.77. The van der Waals surface area contributed by atoms with Crippen LogP contribution in [0.25, 0.3) is 0 Å². The van der Waals surface area contributed by atoms with Gasteiger partial charge in [0.15, 0.2) is 5.13 Å². The van der Waals surface area contributed by atoms with E-state index in [1.807, 2.05) is 25.1 Å². The van der Waals surface area contributed by atoms with Crippen molar-refractivity contribution in [1.82, 2.24) is 4.98 Å². The van der Waals surface area contributed by atoms with E-state index in [1.165, 1.54) is 11.3 Å². The summed E-state index contributed by atoms with van der Waals surface area (Å²) < 4.78 is 5.18. The molecule has 0 saturated carbocycles. The molecule has 1 aliphatic rings. The van der Waals surface area contributed by atoms with Gasteiger partial charge in [-0.05, 0) is 43.5 Å². The predicted molar refractivity (Wildman–Crippen MR) is 81.8 cm³/mol. The molecule has 2 N–H and O–H groups in total. The first-order valence-electron chi connectivity index (χ1n) is 6.72. The van der Waals surface area contributed by atoms with Crippen LogP contribution >= 0.6 is 11.3 Å². The number of nitrogens with zero attached hydrogens (tertiary/aromatic N) is 1. The lowest BCUT2D eigenvalue weighted by atomic mass is 10.1. The number of methoxy groups -OCH3 is 1. The van der Waals surface area contributed by atoms with Gasteiger partial charge in [0, 0.05) is 10.6 Å². The molecule has 5 nitrogen and oxygen atoms in total. The van der Waals surface area contributed by atoms with E-state index in [0.717, 1.165) is 39.1 Å². The number of benzene rings is 1. The summed E-state index contributed by atoms with van der Waals surface area (Å²) in [5.74, 6) is -0.430. The highest BCUT2D eigenvalue weighted by Crippen LogP contribution is 2.39. The second-order valence-electron chi connectivity index (χ2n) is 5.06. The minimum atomic E-state index is -0.786. The maximum atomic E-state index is 11.2. The number of aromatic nitrogens is 1. The SMILES string of the molecule is COc1ccc(Nc2nc3c(s2)CCC3C(=O)O)c(C)c1. The number of hydrogen-bond acceptors (Lipinski definition) is 5. The first kappa shape index (κ1) is 13.9. The number of hydrogen-bond donors (Lipinski definition) is 2. The Labute approximate surface area is 126 Å². The van der Waals surface area contributed by atoms with E-state index in [4.69, 9.17) is 4.74 Å². The Balaban J connectivity index is 1.84. The third-order valence-electron chi connectivity index (χ3n) is 3.69. The van der Waals surface area contributed by atoms with Gasteiger partial charge in [0.1, 0.15) is 11.7 Å². The highest BCUT2D eigenvalue weighted by Gasteiger charge is 2.32. The average molecular weight is 304 g/mol. The summed E-state index contributed by atoms with van der Waals surface area (Å²) in [6.07, 6.45) is 1.46. The first-order valence-corrected chi connectivity index (χ1v) is 7.54. The molecule has 1 unspecified atom stereocenters. The molecule has 1 atom stereocenters. The number of carboxylic acids is 1. The molecule has 3 rings (SSSR count). The van der Waals surface area contributed by atoms with E-state index in [9.17, 15) is 9.90 Å². The van der Waals surface area contributed by atoms with Crippen LogP contribution < -0.4 is 10.1 Å². The topological polar surface area (TPSA) is 71.5 Å². The normalized spacial score (nSPS) is 16.6. The van der Waals surface area contributed by atoms with Gasteiger partial charge in [-0.2, -0.15) is 0 Å². The van der Waals surface area contributed by atoms with Crippen LogP contribution in [0.5, 0.6) is 5.75 Å². The zero-order valence-electron chi connectivity index (χ0n) is 11.8. The fraction of sp³-hybridized carbons (Fsp3) is 0.333. The Morgan fingerprint density at radius 1 is 1.52 bits per heavy atom. The molecule has 1 heterocycles. The molecule has 1 aromatic heterocycles. The summed E-state index contributed by atoms with van der Waals surface area (Å²) in [4.78, 5) is 16.7. The van der Waals surface area contributed by atoms with E-state index in [1.54, 1.807) is 7.11 Å². The zero-order valence-corrected chi connectivity index (χ0v) is 12.7. The van der Waals surface area contributed by atoms with E-state index in [0.29, 0.717) is 6.42 Å². The Bertz CT molecular complexity index is 696. The van der Waals surface area contributed by atoms with Gasteiger partial charge in [0.2, 0.25) is 0 Å². The van der Waals surface area contributed by atoms with Crippen molar-refractivity contribution < 1.29 is 14.6 Å². The Morgan fingerprint density at radius 3 is 3.00 bits per heavy atom. The molecule has 0 amide bonds. The van der Waals surface area contributed by atoms with Crippen molar-refractivity contribution in [3.8, 4) is 5.75 Å². The van der Waals surface area contributed by atoms with Gasteiger partial charge in [-0.1, -0.05) is 0 Å². The van der Waals surface area contributed by atoms with Crippen LogP contribution in [0.15, 0.2) is 18.2 Å². The molecule has 0 saturated heterocycles. The standard InChI is InChI=1S/C15H16N2O3S/c1-8-7-9(20-2)3-5-11(8)16-15-17-13-10(14(18)19)4-6-12(13)21-15/h3,5,7,10H,4,6H2,1-2H3,(H,16,17)(H,18,19). The van der Waals surface area contributed by atoms with Crippen molar-refractivity contribution >= 4 is 28.1 Å². The van der Waals surface area contributed by atoms with Gasteiger partial charge in [0.25, 0.3) is 0 Å². The minimum absolute atomic E-state index is 0.455. The summed E-state index contributed by atoms with van der Waals surface area (Å²) in [5, 5.41) is 13.2. The molecule has 0 fully saturated rings. The lowest BCUT2D eigenvalue weighted by Gasteiger charge is -2.09. The van der Waals surface area contributed by atoms with Crippen LogP contribution in [0, 0.1) is 6.92 Å². The highest BCUT2D eigenvalue weighted by atomic mass is 32.1. The van der Waals surface area contributed by atoms with Gasteiger partial charge in [-0.3, -0.25) is 4.79 Å². The molecule has 0 bridgehead atoms. The zero-order chi connectivity index (χ0) is 15.0. The highest BCUT2D eigenvalue weighted by molar-refractivity contribution is 7.15. The van der Waals surface area contributed by atoms with Crippen LogP contribution in [0.1, 0.15) is 28.5 Å². The maximum Gasteiger partial charge on any atom is 0.312 e. The van der Waals surface area contributed by atoms with E-state index < -0.39 is 11.9 Å². The van der Waals surface area contributed by atoms with Crippen molar-refractivity contribution in [2.45, 2.75) is 25.7 Å². The van der Waals surface area contributed by atoms with Crippen LogP contribution in [-0.2, 0) is 11.2 Å². The molecule has 0 aliphatic heterocycles. The van der Waals surface area contributed by atoms with Crippen LogP contribution in [-0.4, -0.2) is 23.2 Å². The molecular weight excluding hydrogens is 288 g/mol. The lowest BCUT2D eigenvalue weighted by Crippen LogP contribution is -2.08. The molecule has 21 heavy (non-hydrogen) atoms. The fourth-order valence-corrected chi connectivity index (χ4v) is 3.59. The molecule has 110 valence electrons. The van der Waals surface area contributed by atoms with Crippen LogP contribution in [0.2, 0.25) is 0 Å². The van der Waals surface area contributed by atoms with Crippen molar-refractivity contribution in [3.63, 3.8) is 0 Å². The number of aryl methyl sites for hydroxylation is 2. The van der Waals surface area contributed by atoms with Crippen molar-refractivity contribution in [3.05, 3.63) is 34.3 Å². The predicted octanol–water partition coefficient (Wildman–Crippen LogP) is 3.32. The molecule has 6 heteroatoms. The second-order valence-corrected chi connectivity index (χ2v) is 6.15. The molecular formula is C15H16N2O3S. The molecule has 0 spiro atoms. The Morgan fingerprint density at radius 2 is 2.33 bits per heavy atom. The fourth-order valence-electron chi connectivity index (χ4n) is 2.54. The summed E-state index contributed by atoms with van der Waals surface area (Å²) in [7, 11) is 1.64. The Kier molecular flexibility index (Phi) is 3.55. The smallest absolute Gasteiger partial charge is 0.312 e. The van der Waals surface area contributed by atoms with Crippen molar-refractivity contribution in [2.75, 3.05) is 12.4 Å². The van der Waals surface area contributed by atoms with Crippen molar-refractivity contribution in [1.29, 1.82) is 0 Å². The van der Waals surface area contributed by atoms with Gasteiger partial charge in [-0.15, -0.1) is 11.3 Å². The summed E-state index contributed by atoms with van der Waals surface area (Å²) in [6.45, 7) is 1.99. The maximum absolute atomic E-state index is 11.2. The average Bonchev–Trinajstić information content (AvgIpc) is 3.00. The van der Waals surface area contributed by atoms with Crippen LogP contribution in [0.4, 0.5) is 10.8 Å². The second kappa shape index (κ2) is 5.37. The van der Waals surface area contributed by atoms with E-state index in [-0.39, 0.29) is 0 Å². The number of carboxylic acid groups (broad SMARTS) is 1. The van der Waals surface area contributed by atoms with Gasteiger partial charge in [0.05, 0.1) is 12.8 Å². The first-order chi connectivity index (χ1) is 10.1.